The summed E-state index contributed by atoms with van der Waals surface area (Å²) < 4.78 is 6.89. The second kappa shape index (κ2) is 6.38. The molecule has 2 rings (SSSR count). The molecule has 19 heavy (non-hydrogen) atoms. The highest BCUT2D eigenvalue weighted by Crippen LogP contribution is 2.31. The lowest BCUT2D eigenvalue weighted by molar-refractivity contribution is 0.411. The summed E-state index contributed by atoms with van der Waals surface area (Å²) >= 11 is 5.52. The monoisotopic (exact) mass is 431 g/mol. The van der Waals surface area contributed by atoms with Gasteiger partial charge in [0.05, 0.1) is 17.3 Å². The highest BCUT2D eigenvalue weighted by Gasteiger charge is 2.06. The first-order valence-corrected chi connectivity index (χ1v) is 7.33. The van der Waals surface area contributed by atoms with Crippen LogP contribution < -0.4 is 4.74 Å². The Labute approximate surface area is 133 Å². The molecule has 0 unspecified atom stereocenters. The molecule has 5 heteroatoms. The van der Waals surface area contributed by atoms with Crippen LogP contribution in [-0.4, -0.2) is 18.4 Å². The van der Waals surface area contributed by atoms with Crippen LogP contribution in [0.5, 0.6) is 11.5 Å². The van der Waals surface area contributed by atoms with Gasteiger partial charge in [0.1, 0.15) is 11.5 Å². The summed E-state index contributed by atoms with van der Waals surface area (Å²) in [4.78, 5) is 4.33. The number of rotatable bonds is 3. The SMILES string of the molecule is COc1cc(Br)c(O)c(/C=N/c2ccc(I)cc2)c1. The predicted molar refractivity (Wildman–Crippen MR) is 88.8 cm³/mol. The van der Waals surface area contributed by atoms with E-state index in [4.69, 9.17) is 4.74 Å². The Morgan fingerprint density at radius 3 is 2.58 bits per heavy atom. The number of hydrogen-bond acceptors (Lipinski definition) is 3. The number of aromatic hydroxyl groups is 1. The van der Waals surface area contributed by atoms with E-state index in [0.717, 1.165) is 9.26 Å². The molecule has 0 fully saturated rings. The minimum atomic E-state index is 0.148. The molecule has 0 amide bonds. The van der Waals surface area contributed by atoms with Gasteiger partial charge in [-0.25, -0.2) is 0 Å². The molecule has 0 saturated carbocycles. The molecular formula is C14H11BrINO2. The zero-order valence-corrected chi connectivity index (χ0v) is 13.8. The third-order valence-electron chi connectivity index (χ3n) is 2.48. The van der Waals surface area contributed by atoms with E-state index in [-0.39, 0.29) is 5.75 Å². The first-order valence-electron chi connectivity index (χ1n) is 5.46. The van der Waals surface area contributed by atoms with Crippen LogP contribution in [0.25, 0.3) is 0 Å². The normalized spacial score (nSPS) is 10.9. The van der Waals surface area contributed by atoms with Crippen molar-refractivity contribution in [3.63, 3.8) is 0 Å². The summed E-state index contributed by atoms with van der Waals surface area (Å²) in [6.07, 6.45) is 1.62. The van der Waals surface area contributed by atoms with Crippen LogP contribution in [0.3, 0.4) is 0 Å². The molecule has 0 aliphatic carbocycles. The summed E-state index contributed by atoms with van der Waals surface area (Å²) in [7, 11) is 1.58. The fourth-order valence-electron chi connectivity index (χ4n) is 1.48. The lowest BCUT2D eigenvalue weighted by Crippen LogP contribution is -1.88. The Morgan fingerprint density at radius 2 is 1.95 bits per heavy atom. The number of phenols is 1. The molecule has 0 heterocycles. The zero-order valence-electron chi connectivity index (χ0n) is 10.1. The van der Waals surface area contributed by atoms with Gasteiger partial charge in [-0.15, -0.1) is 0 Å². The summed E-state index contributed by atoms with van der Waals surface area (Å²) in [6.45, 7) is 0. The lowest BCUT2D eigenvalue weighted by atomic mass is 10.2. The molecule has 0 aromatic heterocycles. The van der Waals surface area contributed by atoms with Gasteiger partial charge in [0.15, 0.2) is 0 Å². The van der Waals surface area contributed by atoms with Crippen LogP contribution in [-0.2, 0) is 0 Å². The van der Waals surface area contributed by atoms with E-state index in [2.05, 4.69) is 43.5 Å². The van der Waals surface area contributed by atoms with Gasteiger partial charge in [-0.05, 0) is 74.9 Å². The molecule has 0 spiro atoms. The third kappa shape index (κ3) is 3.70. The van der Waals surface area contributed by atoms with Crippen LogP contribution >= 0.6 is 38.5 Å². The Morgan fingerprint density at radius 1 is 1.26 bits per heavy atom. The summed E-state index contributed by atoms with van der Waals surface area (Å²) in [5.41, 5.74) is 1.43. The van der Waals surface area contributed by atoms with Crippen molar-refractivity contribution in [1.29, 1.82) is 0 Å². The highest BCUT2D eigenvalue weighted by atomic mass is 127. The van der Waals surface area contributed by atoms with Crippen molar-refractivity contribution in [1.82, 2.24) is 0 Å². The predicted octanol–water partition coefficient (Wildman–Crippen LogP) is 4.52. The van der Waals surface area contributed by atoms with Crippen LogP contribution in [0.15, 0.2) is 45.9 Å². The first kappa shape index (κ1) is 14.3. The number of benzene rings is 2. The molecule has 2 aromatic rings. The zero-order chi connectivity index (χ0) is 13.8. The molecule has 0 radical (unpaired) electrons. The van der Waals surface area contributed by atoms with Crippen molar-refractivity contribution >= 4 is 50.4 Å². The molecule has 0 aliphatic heterocycles. The maximum Gasteiger partial charge on any atom is 0.138 e. The maximum atomic E-state index is 9.94. The number of phenolic OH excluding ortho intramolecular Hbond substituents is 1. The molecule has 3 nitrogen and oxygen atoms in total. The quantitative estimate of drug-likeness (QED) is 0.573. The van der Waals surface area contributed by atoms with Gasteiger partial charge < -0.3 is 9.84 Å². The van der Waals surface area contributed by atoms with Gasteiger partial charge in [0, 0.05) is 15.3 Å². The number of halogens is 2. The van der Waals surface area contributed by atoms with Crippen LogP contribution in [0.1, 0.15) is 5.56 Å². The standard InChI is InChI=1S/C14H11BrINO2/c1-19-12-6-9(14(18)13(15)7-12)8-17-11-4-2-10(16)3-5-11/h2-8,18H,1H3/b17-8+. The number of methoxy groups -OCH3 is 1. The molecular weight excluding hydrogens is 421 g/mol. The molecule has 2 aromatic carbocycles. The molecule has 0 aliphatic rings. The second-order valence-electron chi connectivity index (χ2n) is 3.78. The van der Waals surface area contributed by atoms with Gasteiger partial charge in [-0.1, -0.05) is 0 Å². The van der Waals surface area contributed by atoms with Gasteiger partial charge in [0.25, 0.3) is 0 Å². The Balaban J connectivity index is 2.32. The van der Waals surface area contributed by atoms with Gasteiger partial charge in [0.2, 0.25) is 0 Å². The molecule has 0 bridgehead atoms. The van der Waals surface area contributed by atoms with Crippen molar-refractivity contribution in [3.8, 4) is 11.5 Å². The lowest BCUT2D eigenvalue weighted by Gasteiger charge is -2.05. The molecule has 0 atom stereocenters. The van der Waals surface area contributed by atoms with Crippen molar-refractivity contribution in [2.24, 2.45) is 4.99 Å². The van der Waals surface area contributed by atoms with Gasteiger partial charge in [-0.3, -0.25) is 4.99 Å². The number of hydrogen-bond donors (Lipinski definition) is 1. The maximum absolute atomic E-state index is 9.94. The van der Waals surface area contributed by atoms with Crippen LogP contribution in [0.4, 0.5) is 5.69 Å². The van der Waals surface area contributed by atoms with E-state index in [9.17, 15) is 5.11 Å². The summed E-state index contributed by atoms with van der Waals surface area (Å²) in [5, 5.41) is 9.94. The largest absolute Gasteiger partial charge is 0.506 e. The van der Waals surface area contributed by atoms with E-state index in [1.165, 1.54) is 0 Å². The second-order valence-corrected chi connectivity index (χ2v) is 5.88. The van der Waals surface area contributed by atoms with Gasteiger partial charge in [-0.2, -0.15) is 0 Å². The first-order chi connectivity index (χ1) is 9.10. The number of aliphatic imine (C=N–C) groups is 1. The Bertz CT molecular complexity index is 612. The van der Waals surface area contributed by atoms with Crippen molar-refractivity contribution < 1.29 is 9.84 Å². The third-order valence-corrected chi connectivity index (χ3v) is 3.81. The van der Waals surface area contributed by atoms with Crippen LogP contribution in [0, 0.1) is 3.57 Å². The van der Waals surface area contributed by atoms with Crippen molar-refractivity contribution in [2.75, 3.05) is 7.11 Å². The highest BCUT2D eigenvalue weighted by molar-refractivity contribution is 14.1. The fraction of sp³-hybridized carbons (Fsp3) is 0.0714. The minimum absolute atomic E-state index is 0.148. The number of ether oxygens (including phenoxy) is 1. The Hall–Kier alpha value is -1.08. The van der Waals surface area contributed by atoms with E-state index >= 15 is 0 Å². The van der Waals surface area contributed by atoms with Crippen LogP contribution in [0.2, 0.25) is 0 Å². The average molecular weight is 432 g/mol. The number of nitrogens with zero attached hydrogens (tertiary/aromatic N) is 1. The average Bonchev–Trinajstić information content (AvgIpc) is 2.42. The fourth-order valence-corrected chi connectivity index (χ4v) is 2.30. The van der Waals surface area contributed by atoms with E-state index < -0.39 is 0 Å². The smallest absolute Gasteiger partial charge is 0.138 e. The molecule has 1 N–H and O–H groups in total. The molecule has 98 valence electrons. The van der Waals surface area contributed by atoms with Gasteiger partial charge >= 0.3 is 0 Å². The van der Waals surface area contributed by atoms with E-state index in [0.29, 0.717) is 15.8 Å². The minimum Gasteiger partial charge on any atom is -0.506 e. The van der Waals surface area contributed by atoms with Crippen molar-refractivity contribution in [2.45, 2.75) is 0 Å². The van der Waals surface area contributed by atoms with Crippen molar-refractivity contribution in [3.05, 3.63) is 50.0 Å². The summed E-state index contributed by atoms with van der Waals surface area (Å²) in [6, 6.07) is 11.2. The topological polar surface area (TPSA) is 41.8 Å². The van der Waals surface area contributed by atoms with E-state index in [1.807, 2.05) is 24.3 Å². The van der Waals surface area contributed by atoms with E-state index in [1.54, 1.807) is 25.5 Å². The summed E-state index contributed by atoms with van der Waals surface area (Å²) in [5.74, 6) is 0.809. The molecule has 0 saturated heterocycles. The Kier molecular flexibility index (Phi) is 4.81.